The number of carbonyl (C=O) groups is 1. The predicted octanol–water partition coefficient (Wildman–Crippen LogP) is 1.99. The number of aryl methyl sites for hydroxylation is 1. The average molecular weight is 324 g/mol. The highest BCUT2D eigenvalue weighted by atomic mass is 16.2. The number of hydrogen-bond acceptors (Lipinski definition) is 4. The highest BCUT2D eigenvalue weighted by molar-refractivity contribution is 5.76. The van der Waals surface area contributed by atoms with Gasteiger partial charge in [0.2, 0.25) is 11.7 Å². The van der Waals surface area contributed by atoms with Gasteiger partial charge in [-0.05, 0) is 32.3 Å². The van der Waals surface area contributed by atoms with E-state index in [2.05, 4.69) is 21.0 Å². The summed E-state index contributed by atoms with van der Waals surface area (Å²) in [5.41, 5.74) is 2.02. The van der Waals surface area contributed by atoms with Crippen molar-refractivity contribution in [3.05, 3.63) is 48.6 Å². The number of likely N-dealkylation sites (tertiary alicyclic amines) is 1. The Hall–Kier alpha value is -2.70. The lowest BCUT2D eigenvalue weighted by atomic mass is 9.98. The third kappa shape index (κ3) is 2.66. The van der Waals surface area contributed by atoms with Crippen LogP contribution in [0.4, 0.5) is 0 Å². The Kier molecular flexibility index (Phi) is 3.76. The molecule has 1 fully saturated rings. The van der Waals surface area contributed by atoms with Gasteiger partial charge in [-0.3, -0.25) is 9.20 Å². The third-order valence-corrected chi connectivity index (χ3v) is 4.63. The average Bonchev–Trinajstić information content (AvgIpc) is 3.26. The normalized spacial score (nSPS) is 18.2. The summed E-state index contributed by atoms with van der Waals surface area (Å²) in [6.07, 6.45) is 11.9. The van der Waals surface area contributed by atoms with Gasteiger partial charge in [-0.2, -0.15) is 0 Å². The number of rotatable bonds is 3. The minimum absolute atomic E-state index is 0.0233. The predicted molar refractivity (Wildman–Crippen MR) is 88.3 cm³/mol. The zero-order chi connectivity index (χ0) is 16.5. The van der Waals surface area contributed by atoms with Crippen LogP contribution < -0.4 is 0 Å². The van der Waals surface area contributed by atoms with Gasteiger partial charge in [-0.15, -0.1) is 0 Å². The van der Waals surface area contributed by atoms with Gasteiger partial charge in [-0.25, -0.2) is 15.0 Å². The van der Waals surface area contributed by atoms with Crippen LogP contribution >= 0.6 is 0 Å². The van der Waals surface area contributed by atoms with Crippen molar-refractivity contribution in [3.8, 4) is 0 Å². The molecule has 3 aromatic rings. The molecule has 1 aliphatic heterocycles. The Labute approximate surface area is 140 Å². The number of amides is 1. The molecule has 0 radical (unpaired) electrons. The molecule has 1 aliphatic rings. The van der Waals surface area contributed by atoms with Crippen LogP contribution in [0.1, 0.15) is 36.7 Å². The first-order chi connectivity index (χ1) is 11.7. The standard InChI is InChI=1S/C17H20N6O/c1-13-10-14(20-17-19-6-9-22(13)17)15-4-2-3-7-23(15)16(24)11-21-8-5-18-12-21/h5-6,8-10,12,15H,2-4,7,11H2,1H3/t15-/m1/s1. The van der Waals surface area contributed by atoms with E-state index in [0.717, 1.165) is 37.2 Å². The number of hydrogen-bond donors (Lipinski definition) is 0. The number of nitrogens with zero attached hydrogens (tertiary/aromatic N) is 6. The lowest BCUT2D eigenvalue weighted by molar-refractivity contribution is -0.135. The van der Waals surface area contributed by atoms with Gasteiger partial charge in [0.15, 0.2) is 0 Å². The van der Waals surface area contributed by atoms with Gasteiger partial charge >= 0.3 is 0 Å². The second-order valence-electron chi connectivity index (χ2n) is 6.25. The van der Waals surface area contributed by atoms with Crippen molar-refractivity contribution in [1.82, 2.24) is 28.8 Å². The fraction of sp³-hybridized carbons (Fsp3) is 0.412. The molecule has 0 N–H and O–H groups in total. The Morgan fingerprint density at radius 1 is 1.29 bits per heavy atom. The second-order valence-corrected chi connectivity index (χ2v) is 6.25. The molecule has 0 aromatic carbocycles. The van der Waals surface area contributed by atoms with Crippen LogP contribution in [0.2, 0.25) is 0 Å². The molecule has 124 valence electrons. The van der Waals surface area contributed by atoms with Crippen molar-refractivity contribution >= 4 is 11.7 Å². The van der Waals surface area contributed by atoms with Gasteiger partial charge in [0.1, 0.15) is 6.54 Å². The molecular formula is C17H20N6O. The molecule has 0 bridgehead atoms. The van der Waals surface area contributed by atoms with Gasteiger partial charge in [0.25, 0.3) is 0 Å². The summed E-state index contributed by atoms with van der Waals surface area (Å²) in [5.74, 6) is 0.804. The van der Waals surface area contributed by atoms with Crippen molar-refractivity contribution in [1.29, 1.82) is 0 Å². The van der Waals surface area contributed by atoms with E-state index in [-0.39, 0.29) is 11.9 Å². The number of aromatic nitrogens is 5. The van der Waals surface area contributed by atoms with Gasteiger partial charge in [-0.1, -0.05) is 0 Å². The molecule has 7 nitrogen and oxygen atoms in total. The van der Waals surface area contributed by atoms with E-state index in [0.29, 0.717) is 12.3 Å². The van der Waals surface area contributed by atoms with Crippen molar-refractivity contribution < 1.29 is 4.79 Å². The molecule has 3 aromatic heterocycles. The van der Waals surface area contributed by atoms with E-state index < -0.39 is 0 Å². The zero-order valence-electron chi connectivity index (χ0n) is 13.7. The maximum Gasteiger partial charge on any atom is 0.243 e. The summed E-state index contributed by atoms with van der Waals surface area (Å²) in [5, 5.41) is 0. The van der Waals surface area contributed by atoms with Crippen LogP contribution in [0.25, 0.3) is 5.78 Å². The maximum absolute atomic E-state index is 12.8. The molecule has 4 heterocycles. The molecular weight excluding hydrogens is 304 g/mol. The van der Waals surface area contributed by atoms with E-state index in [9.17, 15) is 4.79 Å². The molecule has 1 atom stereocenters. The number of fused-ring (bicyclic) bond motifs is 1. The molecule has 0 aliphatic carbocycles. The van der Waals surface area contributed by atoms with Crippen LogP contribution in [0.15, 0.2) is 37.2 Å². The van der Waals surface area contributed by atoms with E-state index in [4.69, 9.17) is 0 Å². The summed E-state index contributed by atoms with van der Waals surface area (Å²) < 4.78 is 3.77. The minimum Gasteiger partial charge on any atom is -0.333 e. The van der Waals surface area contributed by atoms with E-state index in [1.54, 1.807) is 18.7 Å². The smallest absolute Gasteiger partial charge is 0.243 e. The van der Waals surface area contributed by atoms with Crippen molar-refractivity contribution in [2.24, 2.45) is 0 Å². The first-order valence-electron chi connectivity index (χ1n) is 8.28. The Bertz CT molecular complexity index is 853. The molecule has 1 amide bonds. The highest BCUT2D eigenvalue weighted by Crippen LogP contribution is 2.30. The lowest BCUT2D eigenvalue weighted by Crippen LogP contribution is -2.40. The summed E-state index contributed by atoms with van der Waals surface area (Å²) in [7, 11) is 0. The van der Waals surface area contributed by atoms with Crippen molar-refractivity contribution in [3.63, 3.8) is 0 Å². The van der Waals surface area contributed by atoms with Crippen LogP contribution in [0.5, 0.6) is 0 Å². The molecule has 1 saturated heterocycles. The topological polar surface area (TPSA) is 68.3 Å². The summed E-state index contributed by atoms with van der Waals surface area (Å²) >= 11 is 0. The summed E-state index contributed by atoms with van der Waals surface area (Å²) in [6.45, 7) is 3.14. The Morgan fingerprint density at radius 2 is 2.21 bits per heavy atom. The molecule has 7 heteroatoms. The third-order valence-electron chi connectivity index (χ3n) is 4.63. The van der Waals surface area contributed by atoms with Crippen molar-refractivity contribution in [2.75, 3.05) is 6.54 Å². The molecule has 0 saturated carbocycles. The molecule has 0 unspecified atom stereocenters. The van der Waals surface area contributed by atoms with E-state index in [1.165, 1.54) is 0 Å². The lowest BCUT2D eigenvalue weighted by Gasteiger charge is -2.35. The first kappa shape index (κ1) is 14.9. The number of piperidine rings is 1. The Morgan fingerprint density at radius 3 is 3.04 bits per heavy atom. The van der Waals surface area contributed by atoms with Crippen LogP contribution in [-0.2, 0) is 11.3 Å². The van der Waals surface area contributed by atoms with Gasteiger partial charge in [0.05, 0.1) is 18.1 Å². The second kappa shape index (κ2) is 6.07. The minimum atomic E-state index is 0.0233. The SMILES string of the molecule is Cc1cc([C@H]2CCCCN2C(=O)Cn2ccnc2)nc2nccn12. The van der Waals surface area contributed by atoms with Crippen LogP contribution in [-0.4, -0.2) is 41.3 Å². The summed E-state index contributed by atoms with van der Waals surface area (Å²) in [6, 6.07) is 2.09. The molecule has 4 rings (SSSR count). The van der Waals surface area contributed by atoms with Gasteiger partial charge < -0.3 is 9.47 Å². The largest absolute Gasteiger partial charge is 0.333 e. The Balaban J connectivity index is 1.64. The van der Waals surface area contributed by atoms with Crippen LogP contribution in [0.3, 0.4) is 0 Å². The summed E-state index contributed by atoms with van der Waals surface area (Å²) in [4.78, 5) is 27.7. The monoisotopic (exact) mass is 324 g/mol. The fourth-order valence-corrected chi connectivity index (χ4v) is 3.42. The molecule has 24 heavy (non-hydrogen) atoms. The maximum atomic E-state index is 12.8. The number of imidazole rings is 2. The quantitative estimate of drug-likeness (QED) is 0.739. The zero-order valence-corrected chi connectivity index (χ0v) is 13.7. The van der Waals surface area contributed by atoms with E-state index >= 15 is 0 Å². The van der Waals surface area contributed by atoms with Crippen molar-refractivity contribution in [2.45, 2.75) is 38.8 Å². The number of carbonyl (C=O) groups excluding carboxylic acids is 1. The van der Waals surface area contributed by atoms with E-state index in [1.807, 2.05) is 33.2 Å². The molecule has 0 spiro atoms. The van der Waals surface area contributed by atoms with Gasteiger partial charge in [0, 0.05) is 37.0 Å². The first-order valence-corrected chi connectivity index (χ1v) is 8.28. The fourth-order valence-electron chi connectivity index (χ4n) is 3.42. The highest BCUT2D eigenvalue weighted by Gasteiger charge is 2.29. The van der Waals surface area contributed by atoms with Crippen LogP contribution in [0, 0.1) is 6.92 Å².